The zero-order chi connectivity index (χ0) is 17.2. The largest absolute Gasteiger partial charge is 0.353 e. The van der Waals surface area contributed by atoms with Gasteiger partial charge >= 0.3 is 0 Å². The molecular formula is C20H24N4S. The standard InChI is InChI=1S/C20H24N4S/c1-15(2)14-23-9-11-24(12-10-23)20-16-6-3-4-7-17(16)21-19(22-20)18-8-5-13-25-18/h3-8,13,15H,9-12,14H2,1-2H3. The van der Waals surface area contributed by atoms with Gasteiger partial charge in [0.2, 0.25) is 0 Å². The van der Waals surface area contributed by atoms with Crippen molar-refractivity contribution in [2.45, 2.75) is 13.8 Å². The summed E-state index contributed by atoms with van der Waals surface area (Å²) in [5.41, 5.74) is 1.03. The van der Waals surface area contributed by atoms with Crippen molar-refractivity contribution in [3.05, 3.63) is 41.8 Å². The number of piperazine rings is 1. The highest BCUT2D eigenvalue weighted by Crippen LogP contribution is 2.30. The highest BCUT2D eigenvalue weighted by molar-refractivity contribution is 7.13. The number of benzene rings is 1. The van der Waals surface area contributed by atoms with E-state index in [4.69, 9.17) is 9.97 Å². The summed E-state index contributed by atoms with van der Waals surface area (Å²) in [5, 5.41) is 3.23. The van der Waals surface area contributed by atoms with Crippen molar-refractivity contribution in [2.75, 3.05) is 37.6 Å². The Morgan fingerprint density at radius 3 is 2.52 bits per heavy atom. The Labute approximate surface area is 153 Å². The first-order valence-electron chi connectivity index (χ1n) is 8.98. The second-order valence-corrected chi connectivity index (χ2v) is 7.99. The number of nitrogens with zero attached hydrogens (tertiary/aromatic N) is 4. The number of rotatable bonds is 4. The third kappa shape index (κ3) is 3.53. The Morgan fingerprint density at radius 1 is 1.00 bits per heavy atom. The van der Waals surface area contributed by atoms with Crippen molar-refractivity contribution in [1.29, 1.82) is 0 Å². The average molecular weight is 353 g/mol. The molecule has 25 heavy (non-hydrogen) atoms. The molecule has 2 aromatic heterocycles. The van der Waals surface area contributed by atoms with Crippen molar-refractivity contribution in [2.24, 2.45) is 5.92 Å². The molecule has 0 spiro atoms. The Balaban J connectivity index is 1.67. The van der Waals surface area contributed by atoms with E-state index < -0.39 is 0 Å². The highest BCUT2D eigenvalue weighted by atomic mass is 32.1. The topological polar surface area (TPSA) is 32.3 Å². The number of hydrogen-bond acceptors (Lipinski definition) is 5. The average Bonchev–Trinajstić information content (AvgIpc) is 3.16. The molecule has 0 unspecified atom stereocenters. The molecule has 130 valence electrons. The summed E-state index contributed by atoms with van der Waals surface area (Å²) in [6.07, 6.45) is 0. The number of thiophene rings is 1. The number of hydrogen-bond donors (Lipinski definition) is 0. The molecule has 0 amide bonds. The van der Waals surface area contributed by atoms with Crippen LogP contribution in [-0.4, -0.2) is 47.6 Å². The number of fused-ring (bicyclic) bond motifs is 1. The predicted molar refractivity (Wildman–Crippen MR) is 106 cm³/mol. The zero-order valence-electron chi connectivity index (χ0n) is 14.9. The van der Waals surface area contributed by atoms with Crippen molar-refractivity contribution < 1.29 is 0 Å². The van der Waals surface area contributed by atoms with Crippen LogP contribution in [0.4, 0.5) is 5.82 Å². The summed E-state index contributed by atoms with van der Waals surface area (Å²) < 4.78 is 0. The molecule has 0 bridgehead atoms. The first-order valence-corrected chi connectivity index (χ1v) is 9.86. The smallest absolute Gasteiger partial charge is 0.172 e. The SMILES string of the molecule is CC(C)CN1CCN(c2nc(-c3cccs3)nc3ccccc23)CC1. The molecule has 3 aromatic rings. The highest BCUT2D eigenvalue weighted by Gasteiger charge is 2.21. The van der Waals surface area contributed by atoms with Crippen LogP contribution in [0.5, 0.6) is 0 Å². The maximum absolute atomic E-state index is 4.96. The lowest BCUT2D eigenvalue weighted by atomic mass is 10.1. The molecule has 3 heterocycles. The van der Waals surface area contributed by atoms with Crippen LogP contribution in [0.2, 0.25) is 0 Å². The van der Waals surface area contributed by atoms with Crippen LogP contribution < -0.4 is 4.90 Å². The molecule has 1 aliphatic rings. The third-order valence-corrected chi connectivity index (χ3v) is 5.49. The lowest BCUT2D eigenvalue weighted by molar-refractivity contribution is 0.231. The van der Waals surface area contributed by atoms with Crippen molar-refractivity contribution in [3.63, 3.8) is 0 Å². The molecule has 1 saturated heterocycles. The Hall–Kier alpha value is -1.98. The van der Waals surface area contributed by atoms with Gasteiger partial charge in [-0.25, -0.2) is 9.97 Å². The van der Waals surface area contributed by atoms with Crippen LogP contribution in [0.1, 0.15) is 13.8 Å². The second kappa shape index (κ2) is 7.10. The summed E-state index contributed by atoms with van der Waals surface area (Å²) in [7, 11) is 0. The van der Waals surface area contributed by atoms with Crippen LogP contribution in [0.3, 0.4) is 0 Å². The summed E-state index contributed by atoms with van der Waals surface area (Å²) in [4.78, 5) is 15.9. The molecule has 0 saturated carbocycles. The van der Waals surface area contributed by atoms with Gasteiger partial charge in [-0.1, -0.05) is 32.0 Å². The molecule has 1 fully saturated rings. The third-order valence-electron chi connectivity index (χ3n) is 4.62. The number of anilines is 1. The molecule has 4 nitrogen and oxygen atoms in total. The van der Waals surface area contributed by atoms with E-state index in [2.05, 4.69) is 65.4 Å². The monoisotopic (exact) mass is 352 g/mol. The zero-order valence-corrected chi connectivity index (χ0v) is 15.7. The number of aromatic nitrogens is 2. The van der Waals surface area contributed by atoms with E-state index >= 15 is 0 Å². The van der Waals surface area contributed by atoms with Gasteiger partial charge < -0.3 is 4.90 Å². The van der Waals surface area contributed by atoms with Gasteiger partial charge in [0.05, 0.1) is 10.4 Å². The fourth-order valence-corrected chi connectivity index (χ4v) is 4.13. The van der Waals surface area contributed by atoms with E-state index in [-0.39, 0.29) is 0 Å². The summed E-state index contributed by atoms with van der Waals surface area (Å²) in [5.74, 6) is 2.64. The first-order chi connectivity index (χ1) is 12.2. The van der Waals surface area contributed by atoms with Crippen LogP contribution in [0.25, 0.3) is 21.6 Å². The van der Waals surface area contributed by atoms with Gasteiger partial charge in [-0.2, -0.15) is 0 Å². The Kier molecular flexibility index (Phi) is 4.68. The molecule has 1 aromatic carbocycles. The van der Waals surface area contributed by atoms with Crippen LogP contribution in [0, 0.1) is 5.92 Å². The molecule has 0 N–H and O–H groups in total. The minimum atomic E-state index is 0.719. The molecule has 1 aliphatic heterocycles. The lowest BCUT2D eigenvalue weighted by Gasteiger charge is -2.36. The fraction of sp³-hybridized carbons (Fsp3) is 0.400. The van der Waals surface area contributed by atoms with Crippen molar-refractivity contribution in [1.82, 2.24) is 14.9 Å². The van der Waals surface area contributed by atoms with Crippen molar-refractivity contribution >= 4 is 28.1 Å². The van der Waals surface area contributed by atoms with E-state index in [1.54, 1.807) is 11.3 Å². The molecular weight excluding hydrogens is 328 g/mol. The van der Waals surface area contributed by atoms with Crippen LogP contribution in [0.15, 0.2) is 41.8 Å². The van der Waals surface area contributed by atoms with Gasteiger partial charge in [-0.15, -0.1) is 11.3 Å². The summed E-state index contributed by atoms with van der Waals surface area (Å²) in [6.45, 7) is 10.0. The minimum absolute atomic E-state index is 0.719. The van der Waals surface area contributed by atoms with Gasteiger partial charge in [0.25, 0.3) is 0 Å². The quantitative estimate of drug-likeness (QED) is 0.706. The van der Waals surface area contributed by atoms with Gasteiger partial charge in [0.1, 0.15) is 5.82 Å². The van der Waals surface area contributed by atoms with Gasteiger partial charge in [-0.3, -0.25) is 4.90 Å². The maximum Gasteiger partial charge on any atom is 0.172 e. The summed E-state index contributed by atoms with van der Waals surface area (Å²) in [6, 6.07) is 12.5. The van der Waals surface area contributed by atoms with Crippen LogP contribution in [-0.2, 0) is 0 Å². The molecule has 5 heteroatoms. The van der Waals surface area contributed by atoms with Gasteiger partial charge in [-0.05, 0) is 29.5 Å². The Bertz CT molecular complexity index is 836. The second-order valence-electron chi connectivity index (χ2n) is 7.05. The van der Waals surface area contributed by atoms with E-state index in [9.17, 15) is 0 Å². The maximum atomic E-state index is 4.96. The summed E-state index contributed by atoms with van der Waals surface area (Å²) >= 11 is 1.70. The first kappa shape index (κ1) is 16.5. The predicted octanol–water partition coefficient (Wildman–Crippen LogP) is 4.14. The van der Waals surface area contributed by atoms with E-state index in [1.165, 1.54) is 6.54 Å². The number of para-hydroxylation sites is 1. The van der Waals surface area contributed by atoms with E-state index in [1.807, 2.05) is 0 Å². The Morgan fingerprint density at radius 2 is 1.80 bits per heavy atom. The fourth-order valence-electron chi connectivity index (χ4n) is 3.48. The molecule has 0 atom stereocenters. The van der Waals surface area contributed by atoms with Crippen LogP contribution >= 0.6 is 11.3 Å². The normalized spacial score (nSPS) is 16.0. The van der Waals surface area contributed by atoms with E-state index in [0.29, 0.717) is 0 Å². The molecule has 0 aliphatic carbocycles. The molecule has 4 rings (SSSR count). The van der Waals surface area contributed by atoms with Crippen molar-refractivity contribution in [3.8, 4) is 10.7 Å². The minimum Gasteiger partial charge on any atom is -0.353 e. The molecule has 0 radical (unpaired) electrons. The van der Waals surface area contributed by atoms with E-state index in [0.717, 1.165) is 59.5 Å². The van der Waals surface area contributed by atoms with Gasteiger partial charge in [0.15, 0.2) is 5.82 Å². The van der Waals surface area contributed by atoms with Gasteiger partial charge in [0, 0.05) is 38.1 Å². The lowest BCUT2D eigenvalue weighted by Crippen LogP contribution is -2.47.